The van der Waals surface area contributed by atoms with Gasteiger partial charge in [-0.05, 0) is 41.6 Å². The normalized spacial score (nSPS) is 16.0. The number of thioether (sulfide) groups is 1. The van der Waals surface area contributed by atoms with Crippen LogP contribution < -0.4 is 4.90 Å². The highest BCUT2D eigenvalue weighted by atomic mass is 32.2. The molecule has 2 aromatic rings. The molecule has 1 saturated heterocycles. The summed E-state index contributed by atoms with van der Waals surface area (Å²) < 4.78 is 13.9. The van der Waals surface area contributed by atoms with Crippen molar-refractivity contribution in [2.75, 3.05) is 4.90 Å². The Morgan fingerprint density at radius 1 is 1.08 bits per heavy atom. The van der Waals surface area contributed by atoms with E-state index in [0.717, 1.165) is 11.0 Å². The number of benzene rings is 2. The van der Waals surface area contributed by atoms with E-state index >= 15 is 0 Å². The van der Waals surface area contributed by atoms with E-state index in [1.54, 1.807) is 12.1 Å². The molecule has 1 aliphatic rings. The van der Waals surface area contributed by atoms with Gasteiger partial charge in [0.1, 0.15) is 5.82 Å². The second kappa shape index (κ2) is 6.29. The van der Waals surface area contributed by atoms with Gasteiger partial charge in [0, 0.05) is 0 Å². The van der Waals surface area contributed by atoms with Crippen molar-refractivity contribution in [3.8, 4) is 0 Å². The average molecular weight is 343 g/mol. The molecular weight excluding hydrogens is 333 g/mol. The van der Waals surface area contributed by atoms with Gasteiger partial charge in [0.2, 0.25) is 0 Å². The summed E-state index contributed by atoms with van der Waals surface area (Å²) >= 11 is 0.640. The van der Waals surface area contributed by atoms with Crippen molar-refractivity contribution in [2.24, 2.45) is 0 Å². The van der Waals surface area contributed by atoms with Gasteiger partial charge in [-0.25, -0.2) is 14.1 Å². The van der Waals surface area contributed by atoms with Crippen LogP contribution >= 0.6 is 11.8 Å². The lowest BCUT2D eigenvalue weighted by atomic mass is 10.1. The van der Waals surface area contributed by atoms with Gasteiger partial charge in [0.25, 0.3) is 11.1 Å². The summed E-state index contributed by atoms with van der Waals surface area (Å²) in [5.74, 6) is -2.52. The smallest absolute Gasteiger partial charge is 0.336 e. The van der Waals surface area contributed by atoms with Gasteiger partial charge in [-0.3, -0.25) is 9.59 Å². The van der Waals surface area contributed by atoms with Crippen LogP contribution in [0.3, 0.4) is 0 Å². The van der Waals surface area contributed by atoms with E-state index in [-0.39, 0.29) is 16.2 Å². The predicted molar refractivity (Wildman–Crippen MR) is 88.3 cm³/mol. The van der Waals surface area contributed by atoms with Crippen molar-refractivity contribution < 1.29 is 23.9 Å². The number of carboxylic acid groups (broad SMARTS) is 1. The molecule has 0 radical (unpaired) electrons. The number of carboxylic acids is 1. The fourth-order valence-electron chi connectivity index (χ4n) is 2.27. The van der Waals surface area contributed by atoms with Crippen LogP contribution in [0.15, 0.2) is 53.4 Å². The number of amides is 2. The Balaban J connectivity index is 2.01. The standard InChI is InChI=1S/C17H10FNO4S/c18-12-7-3-4-8-13(12)19-15(20)14(24-17(19)23)9-10-5-1-2-6-11(10)16(21)22/h1-9H,(H,21,22)/b14-9+. The average Bonchev–Trinajstić information content (AvgIpc) is 2.82. The Morgan fingerprint density at radius 2 is 1.75 bits per heavy atom. The molecule has 1 heterocycles. The molecule has 120 valence electrons. The largest absolute Gasteiger partial charge is 0.478 e. The van der Waals surface area contributed by atoms with Gasteiger partial charge < -0.3 is 5.11 Å². The number of hydrogen-bond donors (Lipinski definition) is 1. The van der Waals surface area contributed by atoms with Gasteiger partial charge in [-0.1, -0.05) is 30.3 Å². The SMILES string of the molecule is O=C(O)c1ccccc1/C=C1/SC(=O)N(c2ccccc2F)C1=O. The summed E-state index contributed by atoms with van der Waals surface area (Å²) in [4.78, 5) is 36.6. The van der Waals surface area contributed by atoms with E-state index in [0.29, 0.717) is 17.3 Å². The third-order valence-corrected chi connectivity index (χ3v) is 4.23. The van der Waals surface area contributed by atoms with Crippen molar-refractivity contribution in [3.63, 3.8) is 0 Å². The van der Waals surface area contributed by atoms with Gasteiger partial charge in [0.15, 0.2) is 0 Å². The first kappa shape index (κ1) is 15.9. The zero-order chi connectivity index (χ0) is 17.3. The van der Waals surface area contributed by atoms with Gasteiger partial charge >= 0.3 is 5.97 Å². The van der Waals surface area contributed by atoms with Crippen LogP contribution in [-0.2, 0) is 4.79 Å². The minimum absolute atomic E-state index is 0.00944. The molecule has 7 heteroatoms. The number of carbonyl (C=O) groups excluding carboxylic acids is 2. The van der Waals surface area contributed by atoms with E-state index < -0.39 is 22.9 Å². The maximum absolute atomic E-state index is 13.9. The third-order valence-electron chi connectivity index (χ3n) is 3.36. The molecule has 0 aromatic heterocycles. The van der Waals surface area contributed by atoms with Crippen LogP contribution in [0.2, 0.25) is 0 Å². The zero-order valence-electron chi connectivity index (χ0n) is 12.1. The first-order chi connectivity index (χ1) is 11.5. The van der Waals surface area contributed by atoms with Crippen LogP contribution in [0.5, 0.6) is 0 Å². The molecule has 0 aliphatic carbocycles. The quantitative estimate of drug-likeness (QED) is 0.859. The summed E-state index contributed by atoms with van der Waals surface area (Å²) in [6.07, 6.45) is 1.33. The number of hydrogen-bond acceptors (Lipinski definition) is 4. The molecule has 1 fully saturated rings. The zero-order valence-corrected chi connectivity index (χ0v) is 12.9. The monoisotopic (exact) mass is 343 g/mol. The molecule has 5 nitrogen and oxygen atoms in total. The Bertz CT molecular complexity index is 894. The summed E-state index contributed by atoms with van der Waals surface area (Å²) in [7, 11) is 0. The minimum Gasteiger partial charge on any atom is -0.478 e. The van der Waals surface area contributed by atoms with Crippen molar-refractivity contribution in [1.82, 2.24) is 0 Å². The van der Waals surface area contributed by atoms with Crippen LogP contribution in [0.25, 0.3) is 6.08 Å². The molecule has 1 aliphatic heterocycles. The highest BCUT2D eigenvalue weighted by molar-refractivity contribution is 8.19. The summed E-state index contributed by atoms with van der Waals surface area (Å²) in [6.45, 7) is 0. The first-order valence-electron chi connectivity index (χ1n) is 6.84. The summed E-state index contributed by atoms with van der Waals surface area (Å²) in [5.41, 5.74) is 0.175. The van der Waals surface area contributed by atoms with E-state index in [2.05, 4.69) is 0 Å². The third kappa shape index (κ3) is 2.81. The fourth-order valence-corrected chi connectivity index (χ4v) is 3.09. The van der Waals surface area contributed by atoms with Crippen LogP contribution in [0.4, 0.5) is 14.9 Å². The number of imide groups is 1. The maximum atomic E-state index is 13.9. The first-order valence-corrected chi connectivity index (χ1v) is 7.65. The Morgan fingerprint density at radius 3 is 2.46 bits per heavy atom. The maximum Gasteiger partial charge on any atom is 0.336 e. The van der Waals surface area contributed by atoms with Crippen molar-refractivity contribution in [1.29, 1.82) is 0 Å². The van der Waals surface area contributed by atoms with Crippen LogP contribution in [0, 0.1) is 5.82 Å². The minimum atomic E-state index is -1.14. The molecule has 0 atom stereocenters. The second-order valence-electron chi connectivity index (χ2n) is 4.86. The number of rotatable bonds is 3. The number of nitrogens with zero attached hydrogens (tertiary/aromatic N) is 1. The second-order valence-corrected chi connectivity index (χ2v) is 5.85. The van der Waals surface area contributed by atoms with Crippen molar-refractivity contribution in [2.45, 2.75) is 0 Å². The van der Waals surface area contributed by atoms with E-state index in [4.69, 9.17) is 0 Å². The van der Waals surface area contributed by atoms with Crippen molar-refractivity contribution >= 4 is 40.6 Å². The molecule has 2 aromatic carbocycles. The lowest BCUT2D eigenvalue weighted by Crippen LogP contribution is -2.28. The number of carbonyl (C=O) groups is 3. The lowest BCUT2D eigenvalue weighted by Gasteiger charge is -2.12. The molecule has 0 bridgehead atoms. The molecule has 0 unspecified atom stereocenters. The van der Waals surface area contributed by atoms with Gasteiger partial charge in [-0.2, -0.15) is 0 Å². The number of anilines is 1. The molecule has 3 rings (SSSR count). The molecule has 24 heavy (non-hydrogen) atoms. The van der Waals surface area contributed by atoms with Crippen LogP contribution in [-0.4, -0.2) is 22.2 Å². The molecule has 1 N–H and O–H groups in total. The molecule has 0 spiro atoms. The fraction of sp³-hybridized carbons (Fsp3) is 0. The topological polar surface area (TPSA) is 74.7 Å². The Kier molecular flexibility index (Phi) is 4.18. The summed E-state index contributed by atoms with van der Waals surface area (Å²) in [6, 6.07) is 11.6. The number of para-hydroxylation sites is 1. The van der Waals surface area contributed by atoms with Crippen molar-refractivity contribution in [3.05, 3.63) is 70.4 Å². The lowest BCUT2D eigenvalue weighted by molar-refractivity contribution is -0.113. The predicted octanol–water partition coefficient (Wildman–Crippen LogP) is 3.76. The van der Waals surface area contributed by atoms with Gasteiger partial charge in [-0.15, -0.1) is 0 Å². The molecular formula is C17H10FNO4S. The van der Waals surface area contributed by atoms with E-state index in [9.17, 15) is 23.9 Å². The number of halogens is 1. The van der Waals surface area contributed by atoms with Gasteiger partial charge in [0.05, 0.1) is 16.2 Å². The highest BCUT2D eigenvalue weighted by Gasteiger charge is 2.37. The molecule has 0 saturated carbocycles. The van der Waals surface area contributed by atoms with E-state index in [1.807, 2.05) is 0 Å². The Hall–Kier alpha value is -2.93. The summed E-state index contributed by atoms with van der Waals surface area (Å²) in [5, 5.41) is 8.54. The molecule has 2 amide bonds. The number of aromatic carboxylic acids is 1. The van der Waals surface area contributed by atoms with E-state index in [1.165, 1.54) is 36.4 Å². The van der Waals surface area contributed by atoms with Crippen LogP contribution in [0.1, 0.15) is 15.9 Å². The Labute approximate surface area is 140 Å². The highest BCUT2D eigenvalue weighted by Crippen LogP contribution is 2.36.